The van der Waals surface area contributed by atoms with Gasteiger partial charge in [-0.15, -0.1) is 0 Å². The van der Waals surface area contributed by atoms with Crippen LogP contribution in [-0.2, 0) is 11.0 Å². The van der Waals surface area contributed by atoms with Crippen LogP contribution in [0.3, 0.4) is 0 Å². The van der Waals surface area contributed by atoms with E-state index in [0.29, 0.717) is 45.8 Å². The van der Waals surface area contributed by atoms with E-state index in [1.165, 1.54) is 17.0 Å². The number of piperazine rings is 1. The molecule has 0 aliphatic carbocycles. The van der Waals surface area contributed by atoms with Gasteiger partial charge in [-0.25, -0.2) is 9.78 Å². The van der Waals surface area contributed by atoms with Crippen molar-refractivity contribution in [1.82, 2.24) is 19.7 Å². The Labute approximate surface area is 156 Å². The lowest BCUT2D eigenvalue weighted by Crippen LogP contribution is -2.52. The summed E-state index contributed by atoms with van der Waals surface area (Å²) in [6.07, 6.45) is -4.57. The lowest BCUT2D eigenvalue weighted by atomic mass is 10.3. The fourth-order valence-corrected chi connectivity index (χ4v) is 2.83. The summed E-state index contributed by atoms with van der Waals surface area (Å²) in [7, 11) is 0. The Balaban J connectivity index is 1.86. The van der Waals surface area contributed by atoms with E-state index in [-0.39, 0.29) is 11.7 Å². The topological polar surface area (TPSA) is 68.8 Å². The summed E-state index contributed by atoms with van der Waals surface area (Å²) in [5.74, 6) is -0.0972. The number of urea groups is 1. The Hall–Kier alpha value is -2.36. The summed E-state index contributed by atoms with van der Waals surface area (Å²) in [6, 6.07) is 2.85. The molecule has 27 heavy (non-hydrogen) atoms. The molecule has 10 heteroatoms. The first kappa shape index (κ1) is 20.9. The third-order valence-electron chi connectivity index (χ3n) is 4.41. The minimum Gasteiger partial charge on any atom is -0.342 e. The highest BCUT2D eigenvalue weighted by Gasteiger charge is 2.32. The monoisotopic (exact) mass is 387 g/mol. The molecule has 1 fully saturated rings. The van der Waals surface area contributed by atoms with Crippen LogP contribution < -0.4 is 5.32 Å². The second-order valence-corrected chi connectivity index (χ2v) is 6.17. The molecule has 3 amide bonds. The van der Waals surface area contributed by atoms with Crippen LogP contribution in [0.25, 0.3) is 0 Å². The molecule has 0 bridgehead atoms. The van der Waals surface area contributed by atoms with Crippen molar-refractivity contribution >= 4 is 17.8 Å². The van der Waals surface area contributed by atoms with E-state index in [0.717, 1.165) is 6.07 Å². The van der Waals surface area contributed by atoms with Gasteiger partial charge in [-0.3, -0.25) is 15.0 Å². The van der Waals surface area contributed by atoms with Crippen molar-refractivity contribution in [3.8, 4) is 0 Å². The number of rotatable bonds is 5. The van der Waals surface area contributed by atoms with Crippen LogP contribution in [0, 0.1) is 0 Å². The zero-order valence-electron chi connectivity index (χ0n) is 15.4. The second-order valence-electron chi connectivity index (χ2n) is 6.17. The standard InChI is InChI=1S/C17H24F3N5O2/c1-3-24(4-2)15(26)12-23-8-10-25(11-9-23)16(27)22-14-7-5-6-13(21-14)17(18,19)20/h5-7H,3-4,8-12H2,1-2H3,(H,21,22,27). The molecule has 0 radical (unpaired) electrons. The average molecular weight is 387 g/mol. The van der Waals surface area contributed by atoms with Crippen LogP contribution in [0.15, 0.2) is 18.2 Å². The molecular weight excluding hydrogens is 363 g/mol. The Morgan fingerprint density at radius 1 is 1.15 bits per heavy atom. The molecule has 7 nitrogen and oxygen atoms in total. The number of nitrogens with zero attached hydrogens (tertiary/aromatic N) is 4. The number of alkyl halides is 3. The first-order valence-corrected chi connectivity index (χ1v) is 8.85. The van der Waals surface area contributed by atoms with Gasteiger partial charge in [-0.1, -0.05) is 6.07 Å². The molecule has 2 rings (SSSR count). The molecule has 0 unspecified atom stereocenters. The molecule has 0 saturated carbocycles. The highest BCUT2D eigenvalue weighted by molar-refractivity contribution is 5.88. The van der Waals surface area contributed by atoms with Gasteiger partial charge in [0, 0.05) is 39.3 Å². The molecule has 1 aromatic heterocycles. The number of halogens is 3. The molecule has 2 heterocycles. The van der Waals surface area contributed by atoms with Gasteiger partial charge in [0.1, 0.15) is 11.5 Å². The van der Waals surface area contributed by atoms with Crippen molar-refractivity contribution in [2.75, 3.05) is 51.1 Å². The van der Waals surface area contributed by atoms with Crippen molar-refractivity contribution in [2.45, 2.75) is 20.0 Å². The highest BCUT2D eigenvalue weighted by atomic mass is 19.4. The number of hydrogen-bond acceptors (Lipinski definition) is 4. The van der Waals surface area contributed by atoms with Crippen LogP contribution in [0.4, 0.5) is 23.8 Å². The number of carbonyl (C=O) groups excluding carboxylic acids is 2. The maximum Gasteiger partial charge on any atom is 0.433 e. The molecule has 1 aromatic rings. The molecule has 1 saturated heterocycles. The third kappa shape index (κ3) is 5.81. The first-order chi connectivity index (χ1) is 12.7. The molecule has 1 aliphatic heterocycles. The summed E-state index contributed by atoms with van der Waals surface area (Å²) < 4.78 is 38.1. The molecule has 1 aliphatic rings. The smallest absolute Gasteiger partial charge is 0.342 e. The van der Waals surface area contributed by atoms with E-state index < -0.39 is 17.9 Å². The number of likely N-dealkylation sites (N-methyl/N-ethyl adjacent to an activating group) is 1. The van der Waals surface area contributed by atoms with Gasteiger partial charge in [0.05, 0.1) is 6.54 Å². The zero-order chi connectivity index (χ0) is 20.0. The van der Waals surface area contributed by atoms with Gasteiger partial charge in [0.2, 0.25) is 5.91 Å². The van der Waals surface area contributed by atoms with E-state index in [1.807, 2.05) is 18.7 Å². The van der Waals surface area contributed by atoms with Crippen molar-refractivity contribution in [3.63, 3.8) is 0 Å². The normalized spacial score (nSPS) is 15.5. The molecule has 150 valence electrons. The Kier molecular flexibility index (Phi) is 7.00. The Morgan fingerprint density at radius 3 is 2.33 bits per heavy atom. The van der Waals surface area contributed by atoms with E-state index in [9.17, 15) is 22.8 Å². The summed E-state index contributed by atoms with van der Waals surface area (Å²) in [5, 5.41) is 2.40. The predicted molar refractivity (Wildman–Crippen MR) is 94.2 cm³/mol. The number of carbonyl (C=O) groups is 2. The maximum atomic E-state index is 12.7. The minimum absolute atomic E-state index is 0.0473. The van der Waals surface area contributed by atoms with Gasteiger partial charge in [0.15, 0.2) is 0 Å². The third-order valence-corrected chi connectivity index (χ3v) is 4.41. The Bertz CT molecular complexity index is 656. The van der Waals surface area contributed by atoms with Gasteiger partial charge in [0.25, 0.3) is 0 Å². The van der Waals surface area contributed by atoms with Crippen LogP contribution in [0.5, 0.6) is 0 Å². The fraction of sp³-hybridized carbons (Fsp3) is 0.588. The first-order valence-electron chi connectivity index (χ1n) is 8.85. The quantitative estimate of drug-likeness (QED) is 0.840. The number of hydrogen-bond donors (Lipinski definition) is 1. The molecule has 0 spiro atoms. The maximum absolute atomic E-state index is 12.7. The number of amides is 3. The fourth-order valence-electron chi connectivity index (χ4n) is 2.83. The van der Waals surface area contributed by atoms with Gasteiger partial charge in [-0.05, 0) is 26.0 Å². The van der Waals surface area contributed by atoms with E-state index in [4.69, 9.17) is 0 Å². The molecule has 1 N–H and O–H groups in total. The summed E-state index contributed by atoms with van der Waals surface area (Å²) >= 11 is 0. The zero-order valence-corrected chi connectivity index (χ0v) is 15.4. The molecule has 0 aromatic carbocycles. The number of pyridine rings is 1. The van der Waals surface area contributed by atoms with Gasteiger partial charge < -0.3 is 9.80 Å². The van der Waals surface area contributed by atoms with Crippen LogP contribution in [-0.4, -0.2) is 77.4 Å². The number of aromatic nitrogens is 1. The lowest BCUT2D eigenvalue weighted by Gasteiger charge is -2.35. The van der Waals surface area contributed by atoms with E-state index in [1.54, 1.807) is 4.90 Å². The van der Waals surface area contributed by atoms with E-state index in [2.05, 4.69) is 10.3 Å². The van der Waals surface area contributed by atoms with E-state index >= 15 is 0 Å². The number of nitrogens with one attached hydrogen (secondary N) is 1. The summed E-state index contributed by atoms with van der Waals surface area (Å²) in [4.78, 5) is 33.0. The SMILES string of the molecule is CCN(CC)C(=O)CN1CCN(C(=O)Nc2cccc(C(F)(F)F)n2)CC1. The van der Waals surface area contributed by atoms with Gasteiger partial charge >= 0.3 is 12.2 Å². The van der Waals surface area contributed by atoms with Crippen LogP contribution in [0.1, 0.15) is 19.5 Å². The van der Waals surface area contributed by atoms with Crippen LogP contribution >= 0.6 is 0 Å². The molecular formula is C17H24F3N5O2. The van der Waals surface area contributed by atoms with Gasteiger partial charge in [-0.2, -0.15) is 13.2 Å². The average Bonchev–Trinajstić information content (AvgIpc) is 2.63. The van der Waals surface area contributed by atoms with Crippen molar-refractivity contribution in [1.29, 1.82) is 0 Å². The predicted octanol–water partition coefficient (Wildman–Crippen LogP) is 2.12. The highest BCUT2D eigenvalue weighted by Crippen LogP contribution is 2.28. The van der Waals surface area contributed by atoms with Crippen LogP contribution in [0.2, 0.25) is 0 Å². The number of anilines is 1. The summed E-state index contributed by atoms with van der Waals surface area (Å²) in [5.41, 5.74) is -1.06. The van der Waals surface area contributed by atoms with Crippen molar-refractivity contribution < 1.29 is 22.8 Å². The molecule has 0 atom stereocenters. The minimum atomic E-state index is -4.57. The second kappa shape index (κ2) is 9.03. The van der Waals surface area contributed by atoms with Crippen molar-refractivity contribution in [3.05, 3.63) is 23.9 Å². The summed E-state index contributed by atoms with van der Waals surface area (Å²) in [6.45, 7) is 7.27. The van der Waals surface area contributed by atoms with Crippen molar-refractivity contribution in [2.24, 2.45) is 0 Å². The largest absolute Gasteiger partial charge is 0.433 e. The lowest BCUT2D eigenvalue weighted by molar-refractivity contribution is -0.141. The Morgan fingerprint density at radius 2 is 1.78 bits per heavy atom.